The van der Waals surface area contributed by atoms with E-state index in [0.717, 1.165) is 55.9 Å². The average Bonchev–Trinajstić information content (AvgIpc) is 3.09. The lowest BCUT2D eigenvalue weighted by atomic mass is 9.85. The summed E-state index contributed by atoms with van der Waals surface area (Å²) >= 11 is 3.75. The molecular weight excluding hydrogens is 402 g/mol. The Hall–Kier alpha value is -1.57. The Balaban J connectivity index is 1.32. The van der Waals surface area contributed by atoms with Crippen LogP contribution in [0.4, 0.5) is 5.13 Å². The first-order valence-electron chi connectivity index (χ1n) is 10.4. The molecule has 1 saturated carbocycles. The van der Waals surface area contributed by atoms with Crippen molar-refractivity contribution in [3.63, 3.8) is 0 Å². The van der Waals surface area contributed by atoms with E-state index in [-0.39, 0.29) is 0 Å². The third-order valence-electron chi connectivity index (χ3n) is 5.94. The van der Waals surface area contributed by atoms with E-state index in [1.165, 1.54) is 21.0 Å². The van der Waals surface area contributed by atoms with Crippen LogP contribution in [-0.4, -0.2) is 54.9 Å². The summed E-state index contributed by atoms with van der Waals surface area (Å²) in [6.07, 6.45) is 6.53. The smallest absolute Gasteiger partial charge is 0.210 e. The number of carbonyl (C=O) groups is 1. The maximum absolute atomic E-state index is 11.4. The van der Waals surface area contributed by atoms with Crippen LogP contribution in [0.2, 0.25) is 0 Å². The second-order valence-corrected chi connectivity index (χ2v) is 10.00. The number of fused-ring (bicyclic) bond motifs is 3. The van der Waals surface area contributed by atoms with Gasteiger partial charge in [-0.15, -0.1) is 23.1 Å². The van der Waals surface area contributed by atoms with Gasteiger partial charge in [-0.3, -0.25) is 4.79 Å². The van der Waals surface area contributed by atoms with Gasteiger partial charge >= 0.3 is 0 Å². The number of ether oxygens (including phenoxy) is 1. The molecule has 0 radical (unpaired) electrons. The van der Waals surface area contributed by atoms with E-state index in [4.69, 9.17) is 9.72 Å². The van der Waals surface area contributed by atoms with Gasteiger partial charge in [-0.1, -0.05) is 18.2 Å². The van der Waals surface area contributed by atoms with Crippen molar-refractivity contribution in [3.8, 4) is 11.3 Å². The Bertz CT molecular complexity index is 818. The predicted octanol–water partition coefficient (Wildman–Crippen LogP) is 4.53. The van der Waals surface area contributed by atoms with Crippen molar-refractivity contribution in [3.05, 3.63) is 29.1 Å². The monoisotopic (exact) mass is 431 g/mol. The molecule has 2 heterocycles. The van der Waals surface area contributed by atoms with Gasteiger partial charge in [0.15, 0.2) is 5.13 Å². The maximum Gasteiger partial charge on any atom is 0.210 e. The number of hydrogen-bond acceptors (Lipinski definition) is 6. The number of thiazole rings is 1. The standard InChI is InChI=1S/C22H29N3O2S2/c1-27-12-11-25(15-26)17-8-6-16(7-9-17)14-23-22-24-21-18-4-2-3-5-19(18)28-13-10-20(21)29-22/h2-5,15-17H,6-14H2,1H3,(H,23,24). The van der Waals surface area contributed by atoms with E-state index >= 15 is 0 Å². The number of anilines is 1. The quantitative estimate of drug-likeness (QED) is 0.622. The zero-order valence-corrected chi connectivity index (χ0v) is 18.6. The highest BCUT2D eigenvalue weighted by atomic mass is 32.2. The van der Waals surface area contributed by atoms with Crippen molar-refractivity contribution in [1.29, 1.82) is 0 Å². The number of hydrogen-bond donors (Lipinski definition) is 1. The molecule has 156 valence electrons. The number of aromatic nitrogens is 1. The molecule has 1 aliphatic heterocycles. The van der Waals surface area contributed by atoms with Crippen molar-refractivity contribution in [2.75, 3.05) is 37.9 Å². The van der Waals surface area contributed by atoms with Crippen molar-refractivity contribution >= 4 is 34.6 Å². The van der Waals surface area contributed by atoms with Gasteiger partial charge in [0, 0.05) is 47.3 Å². The van der Waals surface area contributed by atoms with E-state index in [1.54, 1.807) is 7.11 Å². The minimum Gasteiger partial charge on any atom is -0.383 e. The van der Waals surface area contributed by atoms with Crippen molar-refractivity contribution < 1.29 is 9.53 Å². The molecular formula is C22H29N3O2S2. The SMILES string of the molecule is COCCN(C=O)C1CCC(CNc2nc3c(s2)CCSc2ccccc2-3)CC1. The van der Waals surface area contributed by atoms with Gasteiger partial charge in [-0.05, 0) is 44.1 Å². The molecule has 29 heavy (non-hydrogen) atoms. The zero-order chi connectivity index (χ0) is 20.1. The van der Waals surface area contributed by atoms with Crippen LogP contribution in [0.3, 0.4) is 0 Å². The largest absolute Gasteiger partial charge is 0.383 e. The number of benzene rings is 1. The number of nitrogens with zero attached hydrogens (tertiary/aromatic N) is 2. The summed E-state index contributed by atoms with van der Waals surface area (Å²) in [5.41, 5.74) is 2.45. The first-order valence-corrected chi connectivity index (χ1v) is 12.2. The van der Waals surface area contributed by atoms with Crippen LogP contribution in [0, 0.1) is 5.92 Å². The summed E-state index contributed by atoms with van der Waals surface area (Å²) in [6.45, 7) is 2.27. The number of rotatable bonds is 8. The zero-order valence-electron chi connectivity index (χ0n) is 16.9. The summed E-state index contributed by atoms with van der Waals surface area (Å²) in [7, 11) is 1.68. The van der Waals surface area contributed by atoms with Gasteiger partial charge in [0.2, 0.25) is 6.41 Å². The highest BCUT2D eigenvalue weighted by Gasteiger charge is 2.25. The van der Waals surface area contributed by atoms with Crippen molar-refractivity contribution in [2.24, 2.45) is 5.92 Å². The molecule has 1 aromatic heterocycles. The van der Waals surface area contributed by atoms with Gasteiger partial charge in [0.25, 0.3) is 0 Å². The number of amides is 1. The Morgan fingerprint density at radius 3 is 2.90 bits per heavy atom. The second-order valence-electron chi connectivity index (χ2n) is 7.78. The van der Waals surface area contributed by atoms with Crippen LogP contribution in [0.15, 0.2) is 29.2 Å². The van der Waals surface area contributed by atoms with Crippen LogP contribution < -0.4 is 5.32 Å². The fourth-order valence-electron chi connectivity index (χ4n) is 4.28. The molecule has 1 aromatic carbocycles. The van der Waals surface area contributed by atoms with Crippen LogP contribution in [0.5, 0.6) is 0 Å². The number of carbonyl (C=O) groups excluding carboxylic acids is 1. The summed E-state index contributed by atoms with van der Waals surface area (Å²) in [4.78, 5) is 21.0. The third-order valence-corrected chi connectivity index (χ3v) is 8.09. The molecule has 1 N–H and O–H groups in total. The van der Waals surface area contributed by atoms with E-state index < -0.39 is 0 Å². The average molecular weight is 432 g/mol. The first-order chi connectivity index (χ1) is 14.3. The molecule has 0 bridgehead atoms. The summed E-state index contributed by atoms with van der Waals surface area (Å²) in [5, 5.41) is 4.66. The maximum atomic E-state index is 11.4. The molecule has 5 nitrogen and oxygen atoms in total. The fraction of sp³-hybridized carbons (Fsp3) is 0.545. The Morgan fingerprint density at radius 2 is 2.10 bits per heavy atom. The lowest BCUT2D eigenvalue weighted by Gasteiger charge is -2.34. The van der Waals surface area contributed by atoms with E-state index in [1.807, 2.05) is 28.0 Å². The summed E-state index contributed by atoms with van der Waals surface area (Å²) in [6, 6.07) is 8.98. The van der Waals surface area contributed by atoms with Crippen LogP contribution in [0.1, 0.15) is 30.6 Å². The highest BCUT2D eigenvalue weighted by Crippen LogP contribution is 2.40. The third kappa shape index (κ3) is 4.95. The number of thioether (sulfide) groups is 1. The summed E-state index contributed by atoms with van der Waals surface area (Å²) in [5.74, 6) is 1.76. The number of aryl methyl sites for hydroxylation is 1. The first kappa shape index (κ1) is 20.7. The summed E-state index contributed by atoms with van der Waals surface area (Å²) < 4.78 is 5.12. The van der Waals surface area contributed by atoms with E-state index in [2.05, 4.69) is 29.6 Å². The minimum absolute atomic E-state index is 0.365. The molecule has 7 heteroatoms. The number of nitrogens with one attached hydrogen (secondary N) is 1. The van der Waals surface area contributed by atoms with Crippen LogP contribution in [0.25, 0.3) is 11.3 Å². The van der Waals surface area contributed by atoms with Gasteiger partial charge in [0.05, 0.1) is 12.3 Å². The normalized spacial score (nSPS) is 21.0. The van der Waals surface area contributed by atoms with Crippen LogP contribution in [-0.2, 0) is 16.0 Å². The molecule has 0 unspecified atom stereocenters. The van der Waals surface area contributed by atoms with Crippen molar-refractivity contribution in [2.45, 2.75) is 43.0 Å². The Labute approximate surface area is 181 Å². The number of methoxy groups -OCH3 is 1. The molecule has 2 aliphatic rings. The lowest BCUT2D eigenvalue weighted by molar-refractivity contribution is -0.121. The predicted molar refractivity (Wildman–Crippen MR) is 121 cm³/mol. The van der Waals surface area contributed by atoms with Crippen LogP contribution >= 0.6 is 23.1 Å². The van der Waals surface area contributed by atoms with Gasteiger partial charge < -0.3 is 15.0 Å². The molecule has 1 fully saturated rings. The fourth-order valence-corrected chi connectivity index (χ4v) is 6.41. The molecule has 4 rings (SSSR count). The molecule has 1 amide bonds. The topological polar surface area (TPSA) is 54.5 Å². The van der Waals surface area contributed by atoms with E-state index in [9.17, 15) is 4.79 Å². The highest BCUT2D eigenvalue weighted by molar-refractivity contribution is 7.99. The van der Waals surface area contributed by atoms with Crippen molar-refractivity contribution in [1.82, 2.24) is 9.88 Å². The second kappa shape index (κ2) is 9.96. The molecule has 0 atom stereocenters. The van der Waals surface area contributed by atoms with Gasteiger partial charge in [0.1, 0.15) is 0 Å². The molecule has 0 saturated heterocycles. The Kier molecular flexibility index (Phi) is 7.11. The molecule has 0 spiro atoms. The lowest BCUT2D eigenvalue weighted by Crippen LogP contribution is -2.39. The minimum atomic E-state index is 0.365. The van der Waals surface area contributed by atoms with Gasteiger partial charge in [-0.25, -0.2) is 4.98 Å². The van der Waals surface area contributed by atoms with Gasteiger partial charge in [-0.2, -0.15) is 0 Å². The Morgan fingerprint density at radius 1 is 1.28 bits per heavy atom. The molecule has 1 aliphatic carbocycles. The molecule has 2 aromatic rings. The van der Waals surface area contributed by atoms with E-state index in [0.29, 0.717) is 25.1 Å².